The lowest BCUT2D eigenvalue weighted by atomic mass is 10.0. The van der Waals surface area contributed by atoms with Crippen molar-refractivity contribution in [2.75, 3.05) is 13.2 Å². The minimum Gasteiger partial charge on any atom is -0.490 e. The van der Waals surface area contributed by atoms with Crippen LogP contribution < -0.4 is 4.74 Å². The van der Waals surface area contributed by atoms with E-state index < -0.39 is 0 Å². The third-order valence-electron chi connectivity index (χ3n) is 4.02. The first-order valence-corrected chi connectivity index (χ1v) is 8.89. The van der Waals surface area contributed by atoms with E-state index in [0.29, 0.717) is 13.2 Å². The van der Waals surface area contributed by atoms with Crippen LogP contribution in [0.25, 0.3) is 11.1 Å². The van der Waals surface area contributed by atoms with Crippen LogP contribution in [-0.2, 0) is 4.84 Å². The van der Waals surface area contributed by atoms with Crippen LogP contribution in [0.4, 0.5) is 0 Å². The minimum absolute atomic E-state index is 0.417. The molecule has 0 fully saturated rings. The SMILES string of the molecule is CC/C(=N\OCCOc1ccccc1)c1ccc(-c2ccccc2)cc1. The summed E-state index contributed by atoms with van der Waals surface area (Å²) in [6.07, 6.45) is 0.810. The summed E-state index contributed by atoms with van der Waals surface area (Å²) in [7, 11) is 0. The van der Waals surface area contributed by atoms with Crippen molar-refractivity contribution in [2.45, 2.75) is 13.3 Å². The van der Waals surface area contributed by atoms with E-state index in [2.05, 4.69) is 48.5 Å². The molecule has 3 aromatic carbocycles. The Kier molecular flexibility index (Phi) is 6.43. The maximum atomic E-state index is 5.60. The van der Waals surface area contributed by atoms with Crippen molar-refractivity contribution in [1.82, 2.24) is 0 Å². The van der Waals surface area contributed by atoms with Crippen LogP contribution in [0, 0.1) is 0 Å². The summed E-state index contributed by atoms with van der Waals surface area (Å²) in [6, 6.07) is 28.5. The Labute approximate surface area is 154 Å². The zero-order valence-electron chi connectivity index (χ0n) is 15.0. The van der Waals surface area contributed by atoms with Crippen molar-refractivity contribution in [3.05, 3.63) is 90.5 Å². The summed E-state index contributed by atoms with van der Waals surface area (Å²) < 4.78 is 5.60. The molecule has 0 bridgehead atoms. The molecule has 0 unspecified atom stereocenters. The van der Waals surface area contributed by atoms with Gasteiger partial charge in [-0.05, 0) is 35.2 Å². The molecule has 0 amide bonds. The molecule has 0 aliphatic rings. The molecule has 26 heavy (non-hydrogen) atoms. The molecule has 3 rings (SSSR count). The van der Waals surface area contributed by atoms with Crippen LogP contribution in [0.15, 0.2) is 90.1 Å². The molecule has 3 aromatic rings. The third kappa shape index (κ3) is 4.96. The molecule has 0 heterocycles. The number of oxime groups is 1. The van der Waals surface area contributed by atoms with Crippen LogP contribution in [0.2, 0.25) is 0 Å². The molecule has 0 radical (unpaired) electrons. The zero-order valence-corrected chi connectivity index (χ0v) is 15.0. The van der Waals surface area contributed by atoms with Gasteiger partial charge in [-0.25, -0.2) is 0 Å². The fraction of sp³-hybridized carbons (Fsp3) is 0.174. The normalized spacial score (nSPS) is 11.2. The molecule has 0 saturated carbocycles. The quantitative estimate of drug-likeness (QED) is 0.304. The summed E-state index contributed by atoms with van der Waals surface area (Å²) in [4.78, 5) is 5.44. The fourth-order valence-electron chi connectivity index (χ4n) is 2.64. The minimum atomic E-state index is 0.417. The van der Waals surface area contributed by atoms with E-state index in [9.17, 15) is 0 Å². The van der Waals surface area contributed by atoms with Gasteiger partial charge in [0.15, 0.2) is 6.61 Å². The highest BCUT2D eigenvalue weighted by Crippen LogP contribution is 2.20. The average Bonchev–Trinajstić information content (AvgIpc) is 2.72. The summed E-state index contributed by atoms with van der Waals surface area (Å²) in [5.41, 5.74) is 4.42. The zero-order chi connectivity index (χ0) is 18.0. The van der Waals surface area contributed by atoms with Gasteiger partial charge in [0.25, 0.3) is 0 Å². The van der Waals surface area contributed by atoms with Crippen molar-refractivity contribution in [3.63, 3.8) is 0 Å². The number of hydrogen-bond donors (Lipinski definition) is 0. The molecule has 0 saturated heterocycles. The number of hydrogen-bond acceptors (Lipinski definition) is 3. The molecule has 132 valence electrons. The van der Waals surface area contributed by atoms with E-state index in [0.717, 1.165) is 23.4 Å². The molecule has 3 heteroatoms. The highest BCUT2D eigenvalue weighted by atomic mass is 16.6. The van der Waals surface area contributed by atoms with E-state index in [1.54, 1.807) is 0 Å². The second kappa shape index (κ2) is 9.42. The topological polar surface area (TPSA) is 30.8 Å². The largest absolute Gasteiger partial charge is 0.490 e. The van der Waals surface area contributed by atoms with Gasteiger partial charge in [0.2, 0.25) is 0 Å². The Hall–Kier alpha value is -3.07. The predicted molar refractivity (Wildman–Crippen MR) is 107 cm³/mol. The lowest BCUT2D eigenvalue weighted by molar-refractivity contribution is 0.107. The predicted octanol–water partition coefficient (Wildman–Crippen LogP) is 5.56. The van der Waals surface area contributed by atoms with E-state index >= 15 is 0 Å². The van der Waals surface area contributed by atoms with Crippen LogP contribution in [0.5, 0.6) is 5.75 Å². The lowest BCUT2D eigenvalue weighted by Gasteiger charge is -2.08. The van der Waals surface area contributed by atoms with Crippen LogP contribution in [0.3, 0.4) is 0 Å². The average molecular weight is 345 g/mol. The molecular formula is C23H23NO2. The van der Waals surface area contributed by atoms with Gasteiger partial charge in [-0.15, -0.1) is 0 Å². The molecule has 0 aromatic heterocycles. The molecule has 0 aliphatic heterocycles. The monoisotopic (exact) mass is 345 g/mol. The Bertz CT molecular complexity index is 812. The molecule has 0 atom stereocenters. The van der Waals surface area contributed by atoms with Crippen molar-refractivity contribution < 1.29 is 9.57 Å². The number of ether oxygens (including phenoxy) is 1. The van der Waals surface area contributed by atoms with Gasteiger partial charge in [0.05, 0.1) is 5.71 Å². The molecular weight excluding hydrogens is 322 g/mol. The van der Waals surface area contributed by atoms with Gasteiger partial charge < -0.3 is 9.57 Å². The standard InChI is InChI=1S/C23H23NO2/c1-2-23(24-26-18-17-25-22-11-7-4-8-12-22)21-15-13-20(14-16-21)19-9-5-3-6-10-19/h3-16H,2,17-18H2,1H3/b24-23+. The first-order valence-electron chi connectivity index (χ1n) is 8.89. The van der Waals surface area contributed by atoms with Gasteiger partial charge in [-0.1, -0.05) is 84.9 Å². The van der Waals surface area contributed by atoms with Crippen LogP contribution >= 0.6 is 0 Å². The van der Waals surface area contributed by atoms with E-state index in [4.69, 9.17) is 9.57 Å². The number of para-hydroxylation sites is 1. The first-order chi connectivity index (χ1) is 12.9. The summed E-state index contributed by atoms with van der Waals surface area (Å²) >= 11 is 0. The van der Waals surface area contributed by atoms with E-state index in [-0.39, 0.29) is 0 Å². The number of rotatable bonds is 8. The summed E-state index contributed by atoms with van der Waals surface area (Å²) in [5, 5.41) is 4.28. The molecule has 0 aliphatic carbocycles. The van der Waals surface area contributed by atoms with Crippen molar-refractivity contribution >= 4 is 5.71 Å². The second-order valence-corrected chi connectivity index (χ2v) is 5.83. The Morgan fingerprint density at radius 2 is 1.35 bits per heavy atom. The van der Waals surface area contributed by atoms with Crippen molar-refractivity contribution in [3.8, 4) is 16.9 Å². The maximum absolute atomic E-state index is 5.60. The third-order valence-corrected chi connectivity index (χ3v) is 4.02. The van der Waals surface area contributed by atoms with E-state index in [1.807, 2.05) is 48.5 Å². The summed E-state index contributed by atoms with van der Waals surface area (Å²) in [6.45, 7) is 2.96. The smallest absolute Gasteiger partial charge is 0.151 e. The maximum Gasteiger partial charge on any atom is 0.151 e. The fourth-order valence-corrected chi connectivity index (χ4v) is 2.64. The highest BCUT2D eigenvalue weighted by Gasteiger charge is 2.03. The second-order valence-electron chi connectivity index (χ2n) is 5.83. The molecule has 0 N–H and O–H groups in total. The van der Waals surface area contributed by atoms with Gasteiger partial charge in [-0.3, -0.25) is 0 Å². The van der Waals surface area contributed by atoms with Crippen molar-refractivity contribution in [2.24, 2.45) is 5.16 Å². The Balaban J connectivity index is 1.55. The van der Waals surface area contributed by atoms with E-state index in [1.165, 1.54) is 11.1 Å². The molecule has 3 nitrogen and oxygen atoms in total. The summed E-state index contributed by atoms with van der Waals surface area (Å²) in [5.74, 6) is 0.840. The molecule has 0 spiro atoms. The lowest BCUT2D eigenvalue weighted by Crippen LogP contribution is -2.06. The van der Waals surface area contributed by atoms with Gasteiger partial charge in [-0.2, -0.15) is 0 Å². The van der Waals surface area contributed by atoms with Gasteiger partial charge in [0, 0.05) is 0 Å². The van der Waals surface area contributed by atoms with Gasteiger partial charge in [0.1, 0.15) is 12.4 Å². The van der Waals surface area contributed by atoms with Crippen LogP contribution in [-0.4, -0.2) is 18.9 Å². The van der Waals surface area contributed by atoms with Crippen molar-refractivity contribution in [1.29, 1.82) is 0 Å². The van der Waals surface area contributed by atoms with Crippen LogP contribution in [0.1, 0.15) is 18.9 Å². The number of benzene rings is 3. The highest BCUT2D eigenvalue weighted by molar-refractivity contribution is 6.00. The Morgan fingerprint density at radius 3 is 2.00 bits per heavy atom. The Morgan fingerprint density at radius 1 is 0.731 bits per heavy atom. The number of nitrogens with zero attached hydrogens (tertiary/aromatic N) is 1. The first kappa shape index (κ1) is 17.7. The van der Waals surface area contributed by atoms with Gasteiger partial charge >= 0.3 is 0 Å².